The molecule has 0 amide bonds. The van der Waals surface area contributed by atoms with E-state index >= 15 is 0 Å². The summed E-state index contributed by atoms with van der Waals surface area (Å²) >= 11 is 0. The Bertz CT molecular complexity index is 1040. The topological polar surface area (TPSA) is 105 Å². The summed E-state index contributed by atoms with van der Waals surface area (Å²) in [4.78, 5) is 26.0. The Balaban J connectivity index is 2.12. The van der Waals surface area contributed by atoms with E-state index in [1.807, 2.05) is 45.9 Å². The van der Waals surface area contributed by atoms with Crippen molar-refractivity contribution in [3.8, 4) is 0 Å². The van der Waals surface area contributed by atoms with Crippen LogP contribution in [0.1, 0.15) is 33.4 Å². The van der Waals surface area contributed by atoms with Gasteiger partial charge in [0.15, 0.2) is 0 Å². The molecule has 0 aliphatic carbocycles. The molecule has 0 aromatic carbocycles. The standard InChI is InChI=1S/C20H26N6O2/c1-5-14-11-15(22-12-21-14)23-16-10-13-6-7-26(8-9-27)19(28)17(13)18(24-16)25-20(2,3)4/h6-7,10-12,27H,5,8-9H2,1-4H3,(H2,21,22,23,24,25). The Morgan fingerprint density at radius 1 is 1.18 bits per heavy atom. The minimum atomic E-state index is -0.285. The molecule has 3 rings (SSSR count). The molecular weight excluding hydrogens is 356 g/mol. The number of fused-ring (bicyclic) bond motifs is 1. The van der Waals surface area contributed by atoms with E-state index < -0.39 is 0 Å². The van der Waals surface area contributed by atoms with Gasteiger partial charge in [-0.3, -0.25) is 4.79 Å². The van der Waals surface area contributed by atoms with Crippen LogP contribution in [0.25, 0.3) is 10.8 Å². The molecule has 3 heterocycles. The number of hydrogen-bond donors (Lipinski definition) is 3. The van der Waals surface area contributed by atoms with E-state index in [0.717, 1.165) is 17.5 Å². The molecule has 0 fully saturated rings. The summed E-state index contributed by atoms with van der Waals surface area (Å²) in [5.41, 5.74) is 0.457. The Morgan fingerprint density at radius 2 is 1.96 bits per heavy atom. The van der Waals surface area contributed by atoms with Crippen LogP contribution in [0.3, 0.4) is 0 Å². The second-order valence-corrected chi connectivity index (χ2v) is 7.61. The number of hydrogen-bond acceptors (Lipinski definition) is 7. The van der Waals surface area contributed by atoms with E-state index in [2.05, 4.69) is 25.6 Å². The lowest BCUT2D eigenvalue weighted by Gasteiger charge is -2.23. The molecule has 0 aliphatic rings. The quantitative estimate of drug-likeness (QED) is 0.602. The van der Waals surface area contributed by atoms with Crippen molar-refractivity contribution >= 4 is 28.2 Å². The largest absolute Gasteiger partial charge is 0.395 e. The number of rotatable bonds is 6. The average molecular weight is 382 g/mol. The molecule has 0 atom stereocenters. The first-order valence-electron chi connectivity index (χ1n) is 9.32. The molecule has 3 aromatic heterocycles. The maximum atomic E-state index is 12.9. The van der Waals surface area contributed by atoms with Gasteiger partial charge in [-0.05, 0) is 44.7 Å². The molecular formula is C20H26N6O2. The van der Waals surface area contributed by atoms with Gasteiger partial charge in [0.05, 0.1) is 12.0 Å². The molecule has 148 valence electrons. The van der Waals surface area contributed by atoms with Crippen LogP contribution in [0.15, 0.2) is 35.5 Å². The zero-order chi connectivity index (χ0) is 20.3. The lowest BCUT2D eigenvalue weighted by molar-refractivity contribution is 0.274. The van der Waals surface area contributed by atoms with Crippen molar-refractivity contribution < 1.29 is 5.11 Å². The number of aromatic nitrogens is 4. The minimum absolute atomic E-state index is 0.103. The highest BCUT2D eigenvalue weighted by molar-refractivity contribution is 5.93. The van der Waals surface area contributed by atoms with E-state index in [1.165, 1.54) is 10.9 Å². The van der Waals surface area contributed by atoms with Gasteiger partial charge in [-0.1, -0.05) is 6.92 Å². The van der Waals surface area contributed by atoms with Crippen molar-refractivity contribution in [2.45, 2.75) is 46.2 Å². The molecule has 8 nitrogen and oxygen atoms in total. The van der Waals surface area contributed by atoms with Crippen LogP contribution >= 0.6 is 0 Å². The van der Waals surface area contributed by atoms with Crippen LogP contribution in [-0.4, -0.2) is 36.8 Å². The predicted molar refractivity (Wildman–Crippen MR) is 111 cm³/mol. The van der Waals surface area contributed by atoms with E-state index in [0.29, 0.717) is 22.8 Å². The van der Waals surface area contributed by atoms with Gasteiger partial charge in [-0.2, -0.15) is 0 Å². The Hall–Kier alpha value is -3.00. The lowest BCUT2D eigenvalue weighted by atomic mass is 10.1. The van der Waals surface area contributed by atoms with Crippen molar-refractivity contribution in [2.75, 3.05) is 17.2 Å². The number of aliphatic hydroxyl groups excluding tert-OH is 1. The molecule has 0 unspecified atom stereocenters. The van der Waals surface area contributed by atoms with Crippen LogP contribution in [0.4, 0.5) is 17.5 Å². The Labute approximate surface area is 163 Å². The molecule has 0 spiro atoms. The van der Waals surface area contributed by atoms with E-state index in [4.69, 9.17) is 0 Å². The fraction of sp³-hybridized carbons (Fsp3) is 0.400. The van der Waals surface area contributed by atoms with Gasteiger partial charge in [-0.15, -0.1) is 0 Å². The molecule has 0 aliphatic heterocycles. The first-order chi connectivity index (χ1) is 13.3. The fourth-order valence-corrected chi connectivity index (χ4v) is 2.89. The number of pyridine rings is 2. The third-order valence-electron chi connectivity index (χ3n) is 4.14. The molecule has 3 aromatic rings. The fourth-order valence-electron chi connectivity index (χ4n) is 2.89. The molecule has 0 saturated heterocycles. The number of aliphatic hydroxyl groups is 1. The van der Waals surface area contributed by atoms with Crippen molar-refractivity contribution in [3.05, 3.63) is 46.8 Å². The summed E-state index contributed by atoms with van der Waals surface area (Å²) in [5.74, 6) is 1.72. The summed E-state index contributed by atoms with van der Waals surface area (Å²) in [6.07, 6.45) is 4.01. The number of anilines is 3. The zero-order valence-corrected chi connectivity index (χ0v) is 16.7. The molecule has 3 N–H and O–H groups in total. The Kier molecular flexibility index (Phi) is 5.60. The second kappa shape index (κ2) is 7.93. The van der Waals surface area contributed by atoms with Gasteiger partial charge in [0.2, 0.25) is 0 Å². The second-order valence-electron chi connectivity index (χ2n) is 7.61. The van der Waals surface area contributed by atoms with Crippen LogP contribution in [0, 0.1) is 0 Å². The van der Waals surface area contributed by atoms with Crippen molar-refractivity contribution in [3.63, 3.8) is 0 Å². The van der Waals surface area contributed by atoms with Gasteiger partial charge in [0.25, 0.3) is 5.56 Å². The van der Waals surface area contributed by atoms with Crippen LogP contribution in [0.2, 0.25) is 0 Å². The van der Waals surface area contributed by atoms with Crippen LogP contribution < -0.4 is 16.2 Å². The molecule has 0 radical (unpaired) electrons. The number of nitrogens with one attached hydrogen (secondary N) is 2. The van der Waals surface area contributed by atoms with E-state index in [9.17, 15) is 9.90 Å². The van der Waals surface area contributed by atoms with E-state index in [-0.39, 0.29) is 24.2 Å². The van der Waals surface area contributed by atoms with Crippen molar-refractivity contribution in [1.29, 1.82) is 0 Å². The average Bonchev–Trinajstić information content (AvgIpc) is 2.63. The lowest BCUT2D eigenvalue weighted by Crippen LogP contribution is -2.29. The summed E-state index contributed by atoms with van der Waals surface area (Å²) in [7, 11) is 0. The smallest absolute Gasteiger partial charge is 0.262 e. The van der Waals surface area contributed by atoms with Gasteiger partial charge in [0, 0.05) is 30.0 Å². The van der Waals surface area contributed by atoms with Gasteiger partial charge >= 0.3 is 0 Å². The normalized spacial score (nSPS) is 11.6. The zero-order valence-electron chi connectivity index (χ0n) is 16.7. The summed E-state index contributed by atoms with van der Waals surface area (Å²) in [6.45, 7) is 8.19. The highest BCUT2D eigenvalue weighted by Crippen LogP contribution is 2.26. The molecule has 0 bridgehead atoms. The van der Waals surface area contributed by atoms with Gasteiger partial charge in [0.1, 0.15) is 23.8 Å². The van der Waals surface area contributed by atoms with Crippen LogP contribution in [-0.2, 0) is 13.0 Å². The van der Waals surface area contributed by atoms with E-state index in [1.54, 1.807) is 6.20 Å². The maximum absolute atomic E-state index is 12.9. The minimum Gasteiger partial charge on any atom is -0.395 e. The monoisotopic (exact) mass is 382 g/mol. The third-order valence-corrected chi connectivity index (χ3v) is 4.14. The third kappa shape index (κ3) is 4.45. The summed E-state index contributed by atoms with van der Waals surface area (Å²) in [6, 6.07) is 5.55. The highest BCUT2D eigenvalue weighted by atomic mass is 16.3. The summed E-state index contributed by atoms with van der Waals surface area (Å²) < 4.78 is 1.49. The Morgan fingerprint density at radius 3 is 2.64 bits per heavy atom. The van der Waals surface area contributed by atoms with Crippen molar-refractivity contribution in [2.24, 2.45) is 0 Å². The molecule has 0 saturated carbocycles. The van der Waals surface area contributed by atoms with Gasteiger partial charge in [-0.25, -0.2) is 15.0 Å². The van der Waals surface area contributed by atoms with Crippen molar-refractivity contribution in [1.82, 2.24) is 19.5 Å². The first-order valence-corrected chi connectivity index (χ1v) is 9.32. The SMILES string of the molecule is CCc1cc(Nc2cc3ccn(CCO)c(=O)c3c(NC(C)(C)C)n2)ncn1. The predicted octanol–water partition coefficient (Wildman–Crippen LogP) is 2.70. The number of aryl methyl sites for hydroxylation is 1. The molecule has 28 heavy (non-hydrogen) atoms. The first kappa shape index (κ1) is 19.8. The number of nitrogens with zero attached hydrogens (tertiary/aromatic N) is 4. The van der Waals surface area contributed by atoms with Crippen LogP contribution in [0.5, 0.6) is 0 Å². The molecule has 8 heteroatoms. The highest BCUT2D eigenvalue weighted by Gasteiger charge is 2.17. The summed E-state index contributed by atoms with van der Waals surface area (Å²) in [5, 5.41) is 17.0. The maximum Gasteiger partial charge on any atom is 0.262 e. The van der Waals surface area contributed by atoms with Gasteiger partial charge < -0.3 is 20.3 Å².